The largest absolute Gasteiger partial charge is 0.497 e. The highest BCUT2D eigenvalue weighted by Crippen LogP contribution is 2.26. The molecular weight excluding hydrogens is 442 g/mol. The van der Waals surface area contributed by atoms with Crippen LogP contribution in [0, 0.1) is 13.8 Å². The Kier molecular flexibility index (Phi) is 8.42. The van der Waals surface area contributed by atoms with Gasteiger partial charge in [-0.25, -0.2) is 0 Å². The third kappa shape index (κ3) is 6.63. The summed E-state index contributed by atoms with van der Waals surface area (Å²) in [6.45, 7) is 6.89. The number of benzene rings is 2. The van der Waals surface area contributed by atoms with Crippen LogP contribution < -0.4 is 14.8 Å². The summed E-state index contributed by atoms with van der Waals surface area (Å²) in [7, 11) is 1.68. The maximum atomic E-state index is 12.8. The molecule has 1 N–H and O–H groups in total. The highest BCUT2D eigenvalue weighted by molar-refractivity contribution is 5.78. The first kappa shape index (κ1) is 24.8. The molecule has 1 fully saturated rings. The van der Waals surface area contributed by atoms with E-state index in [2.05, 4.69) is 27.5 Å². The fraction of sp³-hybridized carbons (Fsp3) is 0.429. The Labute approximate surface area is 207 Å². The summed E-state index contributed by atoms with van der Waals surface area (Å²) in [5, 5.41) is 7.12. The Hall–Kier alpha value is -3.32. The van der Waals surface area contributed by atoms with Gasteiger partial charge >= 0.3 is 0 Å². The Morgan fingerprint density at radius 2 is 1.71 bits per heavy atom. The molecule has 1 unspecified atom stereocenters. The second-order valence-corrected chi connectivity index (χ2v) is 9.10. The summed E-state index contributed by atoms with van der Waals surface area (Å²) in [6, 6.07) is 16.0. The first-order valence-electron chi connectivity index (χ1n) is 12.3. The molecule has 1 aliphatic heterocycles. The van der Waals surface area contributed by atoms with Crippen LogP contribution >= 0.6 is 0 Å². The predicted octanol–water partition coefficient (Wildman–Crippen LogP) is 4.76. The molecule has 7 nitrogen and oxygen atoms in total. The van der Waals surface area contributed by atoms with Gasteiger partial charge in [0.05, 0.1) is 30.8 Å². The summed E-state index contributed by atoms with van der Waals surface area (Å²) in [4.78, 5) is 15.3. The third-order valence-corrected chi connectivity index (χ3v) is 6.68. The van der Waals surface area contributed by atoms with Gasteiger partial charge < -0.3 is 19.3 Å². The second kappa shape index (κ2) is 11.9. The number of aryl methyl sites for hydroxylation is 2. The van der Waals surface area contributed by atoms with Gasteiger partial charge in [-0.05, 0) is 75.2 Å². The van der Waals surface area contributed by atoms with Crippen molar-refractivity contribution in [3.05, 3.63) is 76.7 Å². The predicted molar refractivity (Wildman–Crippen MR) is 135 cm³/mol. The standard InChI is InChI=1S/C28H35N3O4/c1-20-26(21(2)35-30-20)19-34-25-11-7-22(8-12-25)17-28(32)29-18-27(31-15-5-4-6-16-31)23-9-13-24(33-3)14-10-23/h7-14,27H,4-6,15-19H2,1-3H3,(H,29,32). The first-order chi connectivity index (χ1) is 17.0. The molecule has 3 aromatic rings. The minimum absolute atomic E-state index is 0.0184. The molecule has 0 radical (unpaired) electrons. The number of carbonyl (C=O) groups is 1. The van der Waals surface area contributed by atoms with Gasteiger partial charge in [-0.3, -0.25) is 9.69 Å². The monoisotopic (exact) mass is 477 g/mol. The van der Waals surface area contributed by atoms with Crippen molar-refractivity contribution in [2.75, 3.05) is 26.7 Å². The number of nitrogens with one attached hydrogen (secondary N) is 1. The van der Waals surface area contributed by atoms with E-state index in [9.17, 15) is 4.79 Å². The van der Waals surface area contributed by atoms with Crippen molar-refractivity contribution in [2.45, 2.75) is 52.2 Å². The minimum Gasteiger partial charge on any atom is -0.497 e. The van der Waals surface area contributed by atoms with Crippen molar-refractivity contribution in [3.8, 4) is 11.5 Å². The molecule has 1 saturated heterocycles. The van der Waals surface area contributed by atoms with E-state index < -0.39 is 0 Å². The number of aromatic nitrogens is 1. The number of likely N-dealkylation sites (tertiary alicyclic amines) is 1. The van der Waals surface area contributed by atoms with Gasteiger partial charge in [0, 0.05) is 6.54 Å². The van der Waals surface area contributed by atoms with E-state index in [1.165, 1.54) is 24.8 Å². The summed E-state index contributed by atoms with van der Waals surface area (Å²) in [5.41, 5.74) is 3.96. The van der Waals surface area contributed by atoms with Crippen molar-refractivity contribution < 1.29 is 18.8 Å². The highest BCUT2D eigenvalue weighted by Gasteiger charge is 2.23. The van der Waals surface area contributed by atoms with Crippen LogP contribution in [0.4, 0.5) is 0 Å². The number of carbonyl (C=O) groups excluding carboxylic acids is 1. The van der Waals surface area contributed by atoms with Gasteiger partial charge in [0.2, 0.25) is 5.91 Å². The van der Waals surface area contributed by atoms with Gasteiger partial charge in [0.15, 0.2) is 0 Å². The van der Waals surface area contributed by atoms with Crippen LogP contribution in [0.2, 0.25) is 0 Å². The van der Waals surface area contributed by atoms with E-state index in [1.54, 1.807) is 7.11 Å². The quantitative estimate of drug-likeness (QED) is 0.454. The van der Waals surface area contributed by atoms with Gasteiger partial charge in [-0.15, -0.1) is 0 Å². The Bertz CT molecular complexity index is 1070. The van der Waals surface area contributed by atoms with E-state index in [1.807, 2.05) is 50.2 Å². The number of hydrogen-bond donors (Lipinski definition) is 1. The number of nitrogens with zero attached hydrogens (tertiary/aromatic N) is 2. The van der Waals surface area contributed by atoms with Crippen molar-refractivity contribution in [3.63, 3.8) is 0 Å². The lowest BCUT2D eigenvalue weighted by atomic mass is 10.0. The first-order valence-corrected chi connectivity index (χ1v) is 12.3. The number of ether oxygens (including phenoxy) is 2. The molecule has 0 bridgehead atoms. The lowest BCUT2D eigenvalue weighted by Crippen LogP contribution is -2.41. The van der Waals surface area contributed by atoms with Gasteiger partial charge in [0.1, 0.15) is 23.9 Å². The minimum atomic E-state index is 0.0184. The molecule has 4 rings (SSSR count). The normalized spacial score (nSPS) is 14.9. The molecule has 2 heterocycles. The average Bonchev–Trinajstić information content (AvgIpc) is 3.21. The molecule has 186 valence electrons. The Morgan fingerprint density at radius 3 is 2.34 bits per heavy atom. The smallest absolute Gasteiger partial charge is 0.224 e. The molecular formula is C28H35N3O4. The topological polar surface area (TPSA) is 76.8 Å². The number of rotatable bonds is 10. The zero-order valence-electron chi connectivity index (χ0n) is 20.9. The Balaban J connectivity index is 1.32. The number of amides is 1. The second-order valence-electron chi connectivity index (χ2n) is 9.10. The van der Waals surface area contributed by atoms with Crippen LogP contribution in [-0.2, 0) is 17.8 Å². The van der Waals surface area contributed by atoms with Crippen molar-refractivity contribution in [2.24, 2.45) is 0 Å². The van der Waals surface area contributed by atoms with E-state index in [-0.39, 0.29) is 11.9 Å². The maximum absolute atomic E-state index is 12.8. The van der Waals surface area contributed by atoms with E-state index in [0.717, 1.165) is 47.2 Å². The molecule has 0 spiro atoms. The zero-order chi connectivity index (χ0) is 24.6. The SMILES string of the molecule is COc1ccc(C(CNC(=O)Cc2ccc(OCc3c(C)noc3C)cc2)N2CCCCC2)cc1. The van der Waals surface area contributed by atoms with Gasteiger partial charge in [0.25, 0.3) is 0 Å². The van der Waals surface area contributed by atoms with E-state index in [0.29, 0.717) is 19.6 Å². The fourth-order valence-electron chi connectivity index (χ4n) is 4.54. The molecule has 0 aliphatic carbocycles. The van der Waals surface area contributed by atoms with Crippen molar-refractivity contribution in [1.82, 2.24) is 15.4 Å². The number of methoxy groups -OCH3 is 1. The van der Waals surface area contributed by atoms with Crippen LogP contribution in [0.5, 0.6) is 11.5 Å². The fourth-order valence-corrected chi connectivity index (χ4v) is 4.54. The molecule has 1 aliphatic rings. The van der Waals surface area contributed by atoms with Crippen LogP contribution in [0.25, 0.3) is 0 Å². The maximum Gasteiger partial charge on any atom is 0.224 e. The van der Waals surface area contributed by atoms with Crippen LogP contribution in [-0.4, -0.2) is 42.7 Å². The summed E-state index contributed by atoms with van der Waals surface area (Å²) in [6.07, 6.45) is 4.01. The molecule has 2 aromatic carbocycles. The third-order valence-electron chi connectivity index (χ3n) is 6.68. The van der Waals surface area contributed by atoms with Crippen molar-refractivity contribution >= 4 is 5.91 Å². The average molecular weight is 478 g/mol. The van der Waals surface area contributed by atoms with Crippen LogP contribution in [0.1, 0.15) is 53.4 Å². The Morgan fingerprint density at radius 1 is 1.03 bits per heavy atom. The van der Waals surface area contributed by atoms with Crippen molar-refractivity contribution in [1.29, 1.82) is 0 Å². The lowest BCUT2D eigenvalue weighted by molar-refractivity contribution is -0.120. The molecule has 7 heteroatoms. The molecule has 1 aromatic heterocycles. The van der Waals surface area contributed by atoms with E-state index in [4.69, 9.17) is 14.0 Å². The zero-order valence-corrected chi connectivity index (χ0v) is 20.9. The molecule has 0 saturated carbocycles. The molecule has 35 heavy (non-hydrogen) atoms. The van der Waals surface area contributed by atoms with Gasteiger partial charge in [-0.2, -0.15) is 0 Å². The summed E-state index contributed by atoms with van der Waals surface area (Å²) in [5.74, 6) is 2.38. The lowest BCUT2D eigenvalue weighted by Gasteiger charge is -2.35. The van der Waals surface area contributed by atoms with E-state index >= 15 is 0 Å². The summed E-state index contributed by atoms with van der Waals surface area (Å²) >= 11 is 0. The number of hydrogen-bond acceptors (Lipinski definition) is 6. The molecule has 1 amide bonds. The highest BCUT2D eigenvalue weighted by atomic mass is 16.5. The molecule has 1 atom stereocenters. The summed E-state index contributed by atoms with van der Waals surface area (Å²) < 4.78 is 16.4. The number of piperidine rings is 1. The van der Waals surface area contributed by atoms with Crippen LogP contribution in [0.3, 0.4) is 0 Å². The van der Waals surface area contributed by atoms with Crippen LogP contribution in [0.15, 0.2) is 53.1 Å². The van der Waals surface area contributed by atoms with Gasteiger partial charge in [-0.1, -0.05) is 35.8 Å².